The van der Waals surface area contributed by atoms with Gasteiger partial charge in [0.2, 0.25) is 0 Å². The van der Waals surface area contributed by atoms with Crippen LogP contribution in [-0.4, -0.2) is 31.4 Å². The molecule has 2 aliphatic rings. The van der Waals surface area contributed by atoms with E-state index in [0.29, 0.717) is 11.6 Å². The Balaban J connectivity index is 1.92. The van der Waals surface area contributed by atoms with Gasteiger partial charge in [-0.25, -0.2) is 4.99 Å². The molecule has 0 aliphatic carbocycles. The van der Waals surface area contributed by atoms with Crippen molar-refractivity contribution < 1.29 is 14.3 Å². The van der Waals surface area contributed by atoms with Gasteiger partial charge in [0.05, 0.1) is 25.6 Å². The van der Waals surface area contributed by atoms with Crippen LogP contribution in [0.2, 0.25) is 0 Å². The van der Waals surface area contributed by atoms with Crippen LogP contribution >= 0.6 is 0 Å². The molecule has 2 aliphatic heterocycles. The lowest BCUT2D eigenvalue weighted by molar-refractivity contribution is -0.113. The molecule has 5 nitrogen and oxygen atoms in total. The van der Waals surface area contributed by atoms with E-state index in [-0.39, 0.29) is 11.4 Å². The Labute approximate surface area is 159 Å². The van der Waals surface area contributed by atoms with E-state index in [9.17, 15) is 4.79 Å². The van der Waals surface area contributed by atoms with Gasteiger partial charge in [-0.3, -0.25) is 4.79 Å². The molecule has 1 atom stereocenters. The third-order valence-electron chi connectivity index (χ3n) is 5.49. The van der Waals surface area contributed by atoms with E-state index in [0.717, 1.165) is 40.4 Å². The number of hydrogen-bond donors (Lipinski definition) is 0. The van der Waals surface area contributed by atoms with Gasteiger partial charge in [-0.2, -0.15) is 0 Å². The Morgan fingerprint density at radius 1 is 1.07 bits per heavy atom. The number of hydrogen-bond acceptors (Lipinski definition) is 4. The summed E-state index contributed by atoms with van der Waals surface area (Å²) >= 11 is 0. The summed E-state index contributed by atoms with van der Waals surface area (Å²) in [4.78, 5) is 20.0. The molecule has 0 saturated heterocycles. The summed E-state index contributed by atoms with van der Waals surface area (Å²) in [5.74, 6) is 1.81. The fraction of sp³-hybridized carbons (Fsp3) is 0.364. The molecule has 2 heterocycles. The molecule has 1 unspecified atom stereocenters. The molecule has 2 aromatic carbocycles. The number of rotatable bonds is 3. The number of anilines is 1. The molecule has 0 radical (unpaired) electrons. The zero-order chi connectivity index (χ0) is 19.3. The second kappa shape index (κ2) is 6.12. The molecule has 5 heteroatoms. The van der Waals surface area contributed by atoms with Crippen molar-refractivity contribution in [3.63, 3.8) is 0 Å². The highest BCUT2D eigenvalue weighted by Crippen LogP contribution is 2.50. The summed E-state index contributed by atoms with van der Waals surface area (Å²) in [5, 5.41) is 0. The van der Waals surface area contributed by atoms with Gasteiger partial charge in [0.1, 0.15) is 17.2 Å². The first-order chi connectivity index (χ1) is 12.9. The second-order valence-corrected chi connectivity index (χ2v) is 7.83. The van der Waals surface area contributed by atoms with Crippen molar-refractivity contribution in [2.24, 2.45) is 4.99 Å². The highest BCUT2D eigenvalue weighted by molar-refractivity contribution is 6.55. The van der Waals surface area contributed by atoms with E-state index in [2.05, 4.69) is 26.8 Å². The third-order valence-corrected chi connectivity index (χ3v) is 5.49. The van der Waals surface area contributed by atoms with Gasteiger partial charge in [-0.15, -0.1) is 0 Å². The smallest absolute Gasteiger partial charge is 0.278 e. The Kier molecular flexibility index (Phi) is 3.98. The summed E-state index contributed by atoms with van der Waals surface area (Å²) < 4.78 is 10.7. The summed E-state index contributed by atoms with van der Waals surface area (Å²) in [6.07, 6.45) is 0.897. The zero-order valence-corrected chi connectivity index (χ0v) is 16.4. The first-order valence-corrected chi connectivity index (χ1v) is 9.15. The Morgan fingerprint density at radius 2 is 1.74 bits per heavy atom. The van der Waals surface area contributed by atoms with Crippen molar-refractivity contribution in [1.82, 2.24) is 0 Å². The molecule has 1 amide bonds. The molecule has 140 valence electrons. The number of carbonyl (C=O) groups is 1. The average molecular weight is 364 g/mol. The number of methoxy groups -OCH3 is 2. The van der Waals surface area contributed by atoms with Crippen molar-refractivity contribution >= 4 is 23.0 Å². The van der Waals surface area contributed by atoms with Crippen LogP contribution in [0.25, 0.3) is 0 Å². The summed E-state index contributed by atoms with van der Waals surface area (Å²) in [6.45, 7) is 6.45. The van der Waals surface area contributed by atoms with Gasteiger partial charge in [0.15, 0.2) is 0 Å². The first-order valence-electron chi connectivity index (χ1n) is 9.15. The number of amides is 1. The van der Waals surface area contributed by atoms with Crippen LogP contribution in [0.15, 0.2) is 41.4 Å². The van der Waals surface area contributed by atoms with Crippen LogP contribution in [0, 0.1) is 0 Å². The zero-order valence-electron chi connectivity index (χ0n) is 16.4. The van der Waals surface area contributed by atoms with E-state index in [1.165, 1.54) is 0 Å². The van der Waals surface area contributed by atoms with E-state index < -0.39 is 0 Å². The lowest BCUT2D eigenvalue weighted by Crippen LogP contribution is -2.50. The van der Waals surface area contributed by atoms with Crippen molar-refractivity contribution in [2.45, 2.75) is 38.6 Å². The van der Waals surface area contributed by atoms with Crippen LogP contribution in [-0.2, 0) is 4.79 Å². The number of aliphatic imine (C=N–C) groups is 1. The maximum atomic E-state index is 13.4. The molecular formula is C22H24N2O3. The van der Waals surface area contributed by atoms with Gasteiger partial charge in [0, 0.05) is 11.1 Å². The van der Waals surface area contributed by atoms with Crippen LogP contribution in [0.4, 0.5) is 11.4 Å². The molecule has 0 saturated carbocycles. The van der Waals surface area contributed by atoms with Crippen LogP contribution in [0.1, 0.15) is 44.2 Å². The minimum Gasteiger partial charge on any atom is -0.497 e. The second-order valence-electron chi connectivity index (χ2n) is 7.83. The standard InChI is InChI=1S/C22H24N2O3/c1-13-12-22(2,3)24-20-17(13)10-16(27-5)11-18(20)19(21(24)25)23-14-6-8-15(26-4)9-7-14/h6-11,13H,12H2,1-5H3. The number of benzene rings is 2. The molecule has 0 bridgehead atoms. The topological polar surface area (TPSA) is 51.1 Å². The SMILES string of the molecule is COc1ccc(N=C2C(=O)N3c4c2cc(OC)cc4C(C)CC3(C)C)cc1. The average Bonchev–Trinajstić information content (AvgIpc) is 2.93. The molecule has 0 fully saturated rings. The monoisotopic (exact) mass is 364 g/mol. The minimum absolute atomic E-state index is 0.0489. The fourth-order valence-corrected chi connectivity index (χ4v) is 4.30. The normalized spacial score (nSPS) is 21.4. The molecule has 2 aromatic rings. The maximum Gasteiger partial charge on any atom is 0.278 e. The van der Waals surface area contributed by atoms with Crippen LogP contribution < -0.4 is 14.4 Å². The largest absolute Gasteiger partial charge is 0.497 e. The van der Waals surface area contributed by atoms with Gasteiger partial charge >= 0.3 is 0 Å². The number of nitrogens with zero attached hydrogens (tertiary/aromatic N) is 2. The van der Waals surface area contributed by atoms with Gasteiger partial charge < -0.3 is 14.4 Å². The molecule has 0 aromatic heterocycles. The van der Waals surface area contributed by atoms with Gasteiger partial charge in [-0.1, -0.05) is 6.92 Å². The predicted octanol–water partition coefficient (Wildman–Crippen LogP) is 4.46. The minimum atomic E-state index is -0.260. The fourth-order valence-electron chi connectivity index (χ4n) is 4.30. The van der Waals surface area contributed by atoms with Crippen molar-refractivity contribution in [3.05, 3.63) is 47.5 Å². The van der Waals surface area contributed by atoms with E-state index in [1.807, 2.05) is 35.2 Å². The summed E-state index contributed by atoms with van der Waals surface area (Å²) in [6, 6.07) is 11.4. The van der Waals surface area contributed by atoms with E-state index >= 15 is 0 Å². The third kappa shape index (κ3) is 2.69. The van der Waals surface area contributed by atoms with Crippen molar-refractivity contribution in [3.8, 4) is 11.5 Å². The molecule has 4 rings (SSSR count). The lowest BCUT2D eigenvalue weighted by Gasteiger charge is -2.43. The van der Waals surface area contributed by atoms with Gasteiger partial charge in [-0.05, 0) is 68.1 Å². The highest BCUT2D eigenvalue weighted by Gasteiger charge is 2.48. The number of ether oxygens (including phenoxy) is 2. The van der Waals surface area contributed by atoms with Crippen molar-refractivity contribution in [2.75, 3.05) is 19.1 Å². The maximum absolute atomic E-state index is 13.4. The molecular weight excluding hydrogens is 340 g/mol. The predicted molar refractivity (Wildman–Crippen MR) is 107 cm³/mol. The van der Waals surface area contributed by atoms with Crippen LogP contribution in [0.3, 0.4) is 0 Å². The van der Waals surface area contributed by atoms with Crippen molar-refractivity contribution in [1.29, 1.82) is 0 Å². The molecule has 0 spiro atoms. The Bertz CT molecular complexity index is 945. The quantitative estimate of drug-likeness (QED) is 0.808. The number of carbonyl (C=O) groups excluding carboxylic acids is 1. The summed E-state index contributed by atoms with van der Waals surface area (Å²) in [5.41, 5.74) is 3.92. The van der Waals surface area contributed by atoms with E-state index in [4.69, 9.17) is 14.5 Å². The molecule has 27 heavy (non-hydrogen) atoms. The van der Waals surface area contributed by atoms with Crippen LogP contribution in [0.5, 0.6) is 11.5 Å². The van der Waals surface area contributed by atoms with Gasteiger partial charge in [0.25, 0.3) is 5.91 Å². The Morgan fingerprint density at radius 3 is 2.37 bits per heavy atom. The first kappa shape index (κ1) is 17.6. The van der Waals surface area contributed by atoms with E-state index in [1.54, 1.807) is 14.2 Å². The molecule has 0 N–H and O–H groups in total. The summed E-state index contributed by atoms with van der Waals surface area (Å²) in [7, 11) is 3.28. The Hall–Kier alpha value is -2.82. The highest BCUT2D eigenvalue weighted by atomic mass is 16.5. The lowest BCUT2D eigenvalue weighted by atomic mass is 9.80.